The molecule has 6 nitrogen and oxygen atoms in total. The van der Waals surface area contributed by atoms with E-state index in [2.05, 4.69) is 13.0 Å². The number of carbonyl (C=O) groups is 2. The van der Waals surface area contributed by atoms with Crippen molar-refractivity contribution in [3.05, 3.63) is 53.6 Å². The third-order valence-corrected chi connectivity index (χ3v) is 4.63. The van der Waals surface area contributed by atoms with Gasteiger partial charge in [-0.15, -0.1) is 0 Å². The normalized spacial score (nSPS) is 15.8. The van der Waals surface area contributed by atoms with E-state index < -0.39 is 12.6 Å². The maximum Gasteiger partial charge on any atom is 0.341 e. The molecule has 3 rings (SSSR count). The van der Waals surface area contributed by atoms with E-state index >= 15 is 0 Å². The average molecular weight is 369 g/mol. The molecule has 0 aromatic heterocycles. The van der Waals surface area contributed by atoms with E-state index in [-0.39, 0.29) is 5.91 Å². The molecule has 1 unspecified atom stereocenters. The van der Waals surface area contributed by atoms with E-state index in [1.165, 1.54) is 5.56 Å². The number of fused-ring (bicyclic) bond motifs is 1. The Bertz CT molecular complexity index is 848. The molecule has 1 aliphatic heterocycles. The van der Waals surface area contributed by atoms with E-state index in [1.807, 2.05) is 25.1 Å². The van der Waals surface area contributed by atoms with Crippen LogP contribution in [0.4, 0.5) is 5.69 Å². The maximum atomic E-state index is 13.1. The average Bonchev–Trinajstić information content (AvgIpc) is 2.67. The van der Waals surface area contributed by atoms with Crippen molar-refractivity contribution in [2.45, 2.75) is 26.2 Å². The van der Waals surface area contributed by atoms with E-state index in [0.717, 1.165) is 12.1 Å². The molecule has 142 valence electrons. The number of carboxylic acid groups (broad SMARTS) is 1. The molecule has 0 bridgehead atoms. The molecule has 27 heavy (non-hydrogen) atoms. The quantitative estimate of drug-likeness (QED) is 0.840. The van der Waals surface area contributed by atoms with Crippen LogP contribution in [0.2, 0.25) is 0 Å². The molecule has 2 aromatic rings. The Hall–Kier alpha value is -3.02. The topological polar surface area (TPSA) is 76.1 Å². The number of ether oxygens (including phenoxy) is 2. The third-order valence-electron chi connectivity index (χ3n) is 4.63. The van der Waals surface area contributed by atoms with Gasteiger partial charge in [-0.05, 0) is 49.1 Å². The van der Waals surface area contributed by atoms with Crippen LogP contribution in [0.25, 0.3) is 0 Å². The van der Waals surface area contributed by atoms with Crippen molar-refractivity contribution in [1.82, 2.24) is 0 Å². The zero-order valence-electron chi connectivity index (χ0n) is 15.5. The Morgan fingerprint density at radius 3 is 2.67 bits per heavy atom. The molecule has 2 aromatic carbocycles. The van der Waals surface area contributed by atoms with Crippen LogP contribution in [0.3, 0.4) is 0 Å². The van der Waals surface area contributed by atoms with Crippen molar-refractivity contribution in [3.8, 4) is 11.5 Å². The van der Waals surface area contributed by atoms with Gasteiger partial charge in [0.1, 0.15) is 0 Å². The minimum absolute atomic E-state index is 0.111. The summed E-state index contributed by atoms with van der Waals surface area (Å²) in [6.45, 7) is 4.55. The standard InChI is InChI=1S/C21H23NO5/c1-3-26-19-12-15(8-9-18(19)27-13-20(23)24)21(25)22-11-10-14(2)16-6-4-5-7-17(16)22/h4-9,12,14H,3,10-11,13H2,1-2H3,(H,23,24). The number of hydrogen-bond donors (Lipinski definition) is 1. The molecule has 1 aliphatic rings. The number of nitrogens with zero attached hydrogens (tertiary/aromatic N) is 1. The first-order valence-electron chi connectivity index (χ1n) is 9.03. The van der Waals surface area contributed by atoms with Crippen molar-refractivity contribution in [1.29, 1.82) is 0 Å². The molecule has 0 fully saturated rings. The number of hydrogen-bond acceptors (Lipinski definition) is 4. The number of aliphatic carboxylic acids is 1. The minimum Gasteiger partial charge on any atom is -0.490 e. The molecular formula is C21H23NO5. The molecule has 1 amide bonds. The molecule has 1 heterocycles. The fourth-order valence-corrected chi connectivity index (χ4v) is 3.28. The summed E-state index contributed by atoms with van der Waals surface area (Å²) in [4.78, 5) is 25.7. The van der Waals surface area contributed by atoms with Crippen LogP contribution in [-0.4, -0.2) is 36.7 Å². The Morgan fingerprint density at radius 2 is 1.93 bits per heavy atom. The molecule has 1 atom stereocenters. The van der Waals surface area contributed by atoms with Crippen LogP contribution in [0.15, 0.2) is 42.5 Å². The highest BCUT2D eigenvalue weighted by Gasteiger charge is 2.27. The number of para-hydroxylation sites is 1. The molecular weight excluding hydrogens is 346 g/mol. The molecule has 1 N–H and O–H groups in total. The number of carbonyl (C=O) groups excluding carboxylic acids is 1. The zero-order valence-corrected chi connectivity index (χ0v) is 15.5. The van der Waals surface area contributed by atoms with Gasteiger partial charge in [-0.3, -0.25) is 4.79 Å². The van der Waals surface area contributed by atoms with Crippen molar-refractivity contribution >= 4 is 17.6 Å². The summed E-state index contributed by atoms with van der Waals surface area (Å²) in [5, 5.41) is 8.80. The highest BCUT2D eigenvalue weighted by Crippen LogP contribution is 2.36. The van der Waals surface area contributed by atoms with E-state index in [9.17, 15) is 9.59 Å². The van der Waals surface area contributed by atoms with E-state index in [0.29, 0.717) is 36.1 Å². The summed E-state index contributed by atoms with van der Waals surface area (Å²) < 4.78 is 10.8. The maximum absolute atomic E-state index is 13.1. The predicted molar refractivity (Wildman–Crippen MR) is 102 cm³/mol. The Balaban J connectivity index is 1.90. The van der Waals surface area contributed by atoms with Crippen LogP contribution in [-0.2, 0) is 4.79 Å². The lowest BCUT2D eigenvalue weighted by Gasteiger charge is -2.33. The SMILES string of the molecule is CCOc1cc(C(=O)N2CCC(C)c3ccccc32)ccc1OCC(=O)O. The van der Waals surface area contributed by atoms with Gasteiger partial charge < -0.3 is 19.5 Å². The second kappa shape index (κ2) is 8.12. The van der Waals surface area contributed by atoms with Crippen LogP contribution >= 0.6 is 0 Å². The first-order valence-corrected chi connectivity index (χ1v) is 9.03. The van der Waals surface area contributed by atoms with Gasteiger partial charge in [-0.25, -0.2) is 4.79 Å². The molecule has 6 heteroatoms. The van der Waals surface area contributed by atoms with Crippen LogP contribution in [0, 0.1) is 0 Å². The van der Waals surface area contributed by atoms with E-state index in [4.69, 9.17) is 14.6 Å². The van der Waals surface area contributed by atoms with Crippen LogP contribution in [0.1, 0.15) is 42.1 Å². The van der Waals surface area contributed by atoms with Crippen molar-refractivity contribution in [2.24, 2.45) is 0 Å². The lowest BCUT2D eigenvalue weighted by Crippen LogP contribution is -2.36. The number of carboxylic acids is 1. The van der Waals surface area contributed by atoms with Gasteiger partial charge in [0, 0.05) is 17.8 Å². The lowest BCUT2D eigenvalue weighted by atomic mass is 9.91. The Kier molecular flexibility index (Phi) is 5.64. The summed E-state index contributed by atoms with van der Waals surface area (Å²) in [6, 6.07) is 12.8. The molecule has 0 saturated heterocycles. The second-order valence-electron chi connectivity index (χ2n) is 6.48. The molecule has 0 spiro atoms. The monoisotopic (exact) mass is 369 g/mol. The van der Waals surface area contributed by atoms with Crippen molar-refractivity contribution in [3.63, 3.8) is 0 Å². The van der Waals surface area contributed by atoms with Gasteiger partial charge in [-0.2, -0.15) is 0 Å². The lowest BCUT2D eigenvalue weighted by molar-refractivity contribution is -0.139. The van der Waals surface area contributed by atoms with Crippen molar-refractivity contribution < 1.29 is 24.2 Å². The summed E-state index contributed by atoms with van der Waals surface area (Å²) in [7, 11) is 0. The van der Waals surface area contributed by atoms with Gasteiger partial charge in [0.25, 0.3) is 5.91 Å². The highest BCUT2D eigenvalue weighted by atomic mass is 16.5. The van der Waals surface area contributed by atoms with Crippen LogP contribution in [0.5, 0.6) is 11.5 Å². The largest absolute Gasteiger partial charge is 0.490 e. The number of benzene rings is 2. The zero-order chi connectivity index (χ0) is 19.4. The fraction of sp³-hybridized carbons (Fsp3) is 0.333. The summed E-state index contributed by atoms with van der Waals surface area (Å²) in [5.74, 6) is -0.0977. The second-order valence-corrected chi connectivity index (χ2v) is 6.48. The first kappa shape index (κ1) is 18.8. The number of anilines is 1. The van der Waals surface area contributed by atoms with Gasteiger partial charge in [0.05, 0.1) is 6.61 Å². The smallest absolute Gasteiger partial charge is 0.341 e. The summed E-state index contributed by atoms with van der Waals surface area (Å²) in [5.41, 5.74) is 2.58. The summed E-state index contributed by atoms with van der Waals surface area (Å²) >= 11 is 0. The van der Waals surface area contributed by atoms with Gasteiger partial charge in [0.2, 0.25) is 0 Å². The molecule has 0 saturated carbocycles. The molecule has 0 aliphatic carbocycles. The third kappa shape index (κ3) is 4.05. The van der Waals surface area contributed by atoms with Crippen molar-refractivity contribution in [2.75, 3.05) is 24.7 Å². The number of amides is 1. The minimum atomic E-state index is -1.07. The first-order chi connectivity index (χ1) is 13.0. The predicted octanol–water partition coefficient (Wildman–Crippen LogP) is 3.70. The Labute approximate surface area is 158 Å². The van der Waals surface area contributed by atoms with Gasteiger partial charge in [0.15, 0.2) is 18.1 Å². The Morgan fingerprint density at radius 1 is 1.15 bits per heavy atom. The summed E-state index contributed by atoms with van der Waals surface area (Å²) in [6.07, 6.45) is 0.904. The molecule has 0 radical (unpaired) electrons. The van der Waals surface area contributed by atoms with Gasteiger partial charge >= 0.3 is 5.97 Å². The number of rotatable bonds is 6. The van der Waals surface area contributed by atoms with Gasteiger partial charge in [-0.1, -0.05) is 25.1 Å². The fourth-order valence-electron chi connectivity index (χ4n) is 3.28. The van der Waals surface area contributed by atoms with E-state index in [1.54, 1.807) is 23.1 Å². The van der Waals surface area contributed by atoms with Crippen LogP contribution < -0.4 is 14.4 Å². The highest BCUT2D eigenvalue weighted by molar-refractivity contribution is 6.07.